The second-order valence-corrected chi connectivity index (χ2v) is 7.44. The van der Waals surface area contributed by atoms with Crippen LogP contribution in [0.15, 0.2) is 30.3 Å². The Morgan fingerprint density at radius 1 is 1.12 bits per heavy atom. The molecule has 0 heterocycles. The fraction of sp³-hybridized carbons (Fsp3) is 0.667. The van der Waals surface area contributed by atoms with Crippen molar-refractivity contribution in [2.75, 3.05) is 0 Å². The summed E-state index contributed by atoms with van der Waals surface area (Å²) in [4.78, 5) is 10.7. The van der Waals surface area contributed by atoms with E-state index in [0.29, 0.717) is 5.92 Å². The Bertz CT molecular complexity index is 477. The Hall–Kier alpha value is -0.350. The van der Waals surface area contributed by atoms with Crippen molar-refractivity contribution in [3.63, 3.8) is 0 Å². The first-order chi connectivity index (χ1) is 11.6. The van der Waals surface area contributed by atoms with Crippen LogP contribution in [0.2, 0.25) is 0 Å². The van der Waals surface area contributed by atoms with Crippen LogP contribution in [0.5, 0.6) is 0 Å². The van der Waals surface area contributed by atoms with E-state index in [2.05, 4.69) is 24.3 Å². The molecule has 0 radical (unpaired) electrons. The van der Waals surface area contributed by atoms with Crippen molar-refractivity contribution in [1.29, 1.82) is 0 Å². The van der Waals surface area contributed by atoms with Gasteiger partial charge in [-0.3, -0.25) is 0 Å². The van der Waals surface area contributed by atoms with Gasteiger partial charge in [0.25, 0.3) is 0 Å². The molecule has 1 fully saturated rings. The molecule has 1 N–H and O–H groups in total. The molecule has 1 unspecified atom stereocenters. The van der Waals surface area contributed by atoms with Crippen LogP contribution in [0.25, 0.3) is 0 Å². The van der Waals surface area contributed by atoms with Crippen molar-refractivity contribution < 1.29 is 44.6 Å². The Kier molecular flexibility index (Phi) is 11.7. The van der Waals surface area contributed by atoms with E-state index in [1.54, 1.807) is 0 Å². The summed E-state index contributed by atoms with van der Waals surface area (Å²) in [6.07, 6.45) is 10.4. The molecule has 1 aromatic carbocycles. The number of carbonyl (C=O) groups excluding carboxylic acids is 1. The Morgan fingerprint density at radius 3 is 2.56 bits per heavy atom. The van der Waals surface area contributed by atoms with Crippen molar-refractivity contribution in [2.24, 2.45) is 11.8 Å². The van der Waals surface area contributed by atoms with Gasteiger partial charge in [0.05, 0.1) is 6.10 Å². The van der Waals surface area contributed by atoms with Gasteiger partial charge in [-0.2, -0.15) is 0 Å². The second kappa shape index (κ2) is 12.9. The van der Waals surface area contributed by atoms with E-state index in [9.17, 15) is 15.0 Å². The van der Waals surface area contributed by atoms with Gasteiger partial charge in [-0.1, -0.05) is 56.0 Å². The zero-order chi connectivity index (χ0) is 17.2. The average Bonchev–Trinajstić information content (AvgIpc) is 2.58. The second-order valence-electron chi connectivity index (χ2n) is 7.44. The number of hydrogen-bond donors (Lipinski definition) is 1. The van der Waals surface area contributed by atoms with Gasteiger partial charge in [0.1, 0.15) is 0 Å². The molecule has 3 atom stereocenters. The van der Waals surface area contributed by atoms with Crippen LogP contribution < -0.4 is 34.7 Å². The monoisotopic (exact) mass is 354 g/mol. The van der Waals surface area contributed by atoms with Gasteiger partial charge in [0.15, 0.2) is 0 Å². The van der Waals surface area contributed by atoms with Crippen LogP contribution in [-0.4, -0.2) is 17.2 Å². The van der Waals surface area contributed by atoms with Gasteiger partial charge >= 0.3 is 29.6 Å². The van der Waals surface area contributed by atoms with E-state index >= 15 is 0 Å². The molecule has 1 aliphatic rings. The zero-order valence-electron chi connectivity index (χ0n) is 15.7. The smallest absolute Gasteiger partial charge is 0.550 e. The van der Waals surface area contributed by atoms with Crippen molar-refractivity contribution >= 4 is 5.97 Å². The largest absolute Gasteiger partial charge is 1.00 e. The van der Waals surface area contributed by atoms with E-state index in [-0.39, 0.29) is 48.0 Å². The fourth-order valence-electron chi connectivity index (χ4n) is 4.01. The van der Waals surface area contributed by atoms with Crippen LogP contribution in [0.1, 0.15) is 69.8 Å². The molecule has 1 aliphatic carbocycles. The zero-order valence-corrected chi connectivity index (χ0v) is 17.7. The van der Waals surface area contributed by atoms with E-state index in [0.717, 1.165) is 57.8 Å². The number of aryl methyl sites for hydroxylation is 1. The minimum Gasteiger partial charge on any atom is -0.550 e. The van der Waals surface area contributed by atoms with Crippen LogP contribution >= 0.6 is 0 Å². The molecule has 1 saturated carbocycles. The summed E-state index contributed by atoms with van der Waals surface area (Å²) < 4.78 is 0. The Morgan fingerprint density at radius 2 is 1.84 bits per heavy atom. The van der Waals surface area contributed by atoms with Gasteiger partial charge in [-0.25, -0.2) is 0 Å². The molecule has 2 rings (SSSR count). The summed E-state index contributed by atoms with van der Waals surface area (Å²) in [6.45, 7) is 0. The first-order valence-electron chi connectivity index (χ1n) is 9.55. The summed E-state index contributed by atoms with van der Waals surface area (Å²) in [5, 5.41) is 20.9. The third kappa shape index (κ3) is 9.79. The normalized spacial score (nSPS) is 21.3. The van der Waals surface area contributed by atoms with Crippen LogP contribution in [0.4, 0.5) is 0 Å². The third-order valence-corrected chi connectivity index (χ3v) is 5.35. The third-order valence-electron chi connectivity index (χ3n) is 5.35. The molecule has 0 spiro atoms. The van der Waals surface area contributed by atoms with E-state index in [1.807, 2.05) is 6.07 Å². The minimum atomic E-state index is -0.917. The summed E-state index contributed by atoms with van der Waals surface area (Å²) >= 11 is 0. The predicted octanol–water partition coefficient (Wildman–Crippen LogP) is 0.491. The predicted molar refractivity (Wildman–Crippen MR) is 94.3 cm³/mol. The number of carbonyl (C=O) groups is 1. The number of aliphatic hydroxyl groups excluding tert-OH is 1. The summed E-state index contributed by atoms with van der Waals surface area (Å²) in [7, 11) is 0. The van der Waals surface area contributed by atoms with Crippen molar-refractivity contribution in [2.45, 2.75) is 76.7 Å². The van der Waals surface area contributed by atoms with E-state index < -0.39 is 5.97 Å². The van der Waals surface area contributed by atoms with Crippen molar-refractivity contribution in [1.82, 2.24) is 0 Å². The summed E-state index contributed by atoms with van der Waals surface area (Å²) in [6, 6.07) is 10.5. The summed E-state index contributed by atoms with van der Waals surface area (Å²) in [5.74, 6) is -0.0436. The number of hydrogen-bond acceptors (Lipinski definition) is 3. The number of carboxylic acids is 1. The van der Waals surface area contributed by atoms with E-state index in [4.69, 9.17) is 0 Å². The molecule has 0 aromatic heterocycles. The van der Waals surface area contributed by atoms with E-state index in [1.165, 1.54) is 12.0 Å². The van der Waals surface area contributed by atoms with Gasteiger partial charge in [-0.05, 0) is 62.3 Å². The molecule has 0 amide bonds. The number of aliphatic carboxylic acids is 1. The first kappa shape index (κ1) is 22.7. The van der Waals surface area contributed by atoms with Gasteiger partial charge in [0, 0.05) is 5.97 Å². The number of unbranched alkanes of at least 4 members (excludes halogenated alkanes) is 1. The quantitative estimate of drug-likeness (QED) is 0.491. The molecule has 134 valence electrons. The maximum absolute atomic E-state index is 10.7. The molecular formula is C21H31NaO3. The molecule has 0 saturated heterocycles. The minimum absolute atomic E-state index is 0. The number of benzene rings is 1. The number of rotatable bonds is 10. The Labute approximate surface area is 174 Å². The van der Waals surface area contributed by atoms with Crippen molar-refractivity contribution in [3.05, 3.63) is 35.9 Å². The molecule has 3 nitrogen and oxygen atoms in total. The van der Waals surface area contributed by atoms with Crippen LogP contribution in [-0.2, 0) is 11.2 Å². The topological polar surface area (TPSA) is 60.4 Å². The average molecular weight is 354 g/mol. The number of carboxylic acid groups (broad SMARTS) is 1. The first-order valence-corrected chi connectivity index (χ1v) is 9.55. The van der Waals surface area contributed by atoms with Gasteiger partial charge < -0.3 is 15.0 Å². The molecule has 0 aliphatic heterocycles. The Balaban J connectivity index is 0.00000312. The fourth-order valence-corrected chi connectivity index (χ4v) is 4.01. The maximum atomic E-state index is 10.7. The standard InChI is InChI=1S/C21H32O3.Na/c22-20(12-5-4-9-17-7-2-1-3-8-17)14-13-18-10-6-11-19(15-18)16-21(23)24;/h1-3,7-8,18-20,22H,4-6,9-16H2,(H,23,24);/q;+1/p-1/t18-,19+,20?;/m0./s1. The molecule has 0 bridgehead atoms. The maximum Gasteiger partial charge on any atom is 1.00 e. The SMILES string of the molecule is O=C([O-])C[C@@H]1CCC[C@@H](CCC(O)CCCCc2ccccc2)C1.[Na+]. The molecule has 4 heteroatoms. The molecule has 1 aromatic rings. The molecular weight excluding hydrogens is 323 g/mol. The summed E-state index contributed by atoms with van der Waals surface area (Å²) in [5.41, 5.74) is 1.37. The van der Waals surface area contributed by atoms with Gasteiger partial charge in [0.2, 0.25) is 0 Å². The van der Waals surface area contributed by atoms with Crippen molar-refractivity contribution in [3.8, 4) is 0 Å². The molecule has 25 heavy (non-hydrogen) atoms. The van der Waals surface area contributed by atoms with Crippen LogP contribution in [0, 0.1) is 11.8 Å². The number of aliphatic hydroxyl groups is 1. The van der Waals surface area contributed by atoms with Crippen LogP contribution in [0.3, 0.4) is 0 Å². The van der Waals surface area contributed by atoms with Gasteiger partial charge in [-0.15, -0.1) is 0 Å².